The number of para-hydroxylation sites is 1. The highest BCUT2D eigenvalue weighted by atomic mass is 15.1. The van der Waals surface area contributed by atoms with E-state index in [0.717, 1.165) is 12.1 Å². The minimum absolute atomic E-state index is 0.0262. The summed E-state index contributed by atoms with van der Waals surface area (Å²) in [5, 5.41) is 3.65. The normalized spacial score (nSPS) is 24.6. The van der Waals surface area contributed by atoms with Crippen molar-refractivity contribution in [2.24, 2.45) is 7.05 Å². The Hall–Kier alpha value is -1.35. The van der Waals surface area contributed by atoms with Crippen molar-refractivity contribution < 1.29 is 0 Å². The molecule has 1 aromatic carbocycles. The van der Waals surface area contributed by atoms with Crippen LogP contribution in [0.1, 0.15) is 37.6 Å². The molecule has 1 aliphatic heterocycles. The predicted octanol–water partition coefficient (Wildman–Crippen LogP) is 2.87. The van der Waals surface area contributed by atoms with E-state index in [4.69, 9.17) is 4.98 Å². The van der Waals surface area contributed by atoms with E-state index in [9.17, 15) is 0 Å². The molecule has 0 bridgehead atoms. The fourth-order valence-electron chi connectivity index (χ4n) is 3.21. The maximum Gasteiger partial charge on any atom is 0.129 e. The second-order valence-electron chi connectivity index (χ2n) is 5.65. The number of aromatic nitrogens is 2. The van der Waals surface area contributed by atoms with Crippen LogP contribution < -0.4 is 5.32 Å². The van der Waals surface area contributed by atoms with Crippen molar-refractivity contribution in [2.75, 3.05) is 6.54 Å². The molecule has 3 heteroatoms. The van der Waals surface area contributed by atoms with Gasteiger partial charge in [-0.1, -0.05) is 12.1 Å². The van der Waals surface area contributed by atoms with Gasteiger partial charge >= 0.3 is 0 Å². The smallest absolute Gasteiger partial charge is 0.129 e. The van der Waals surface area contributed by atoms with Crippen LogP contribution in [0.5, 0.6) is 0 Å². The van der Waals surface area contributed by atoms with Gasteiger partial charge < -0.3 is 9.88 Å². The van der Waals surface area contributed by atoms with Crippen molar-refractivity contribution in [3.63, 3.8) is 0 Å². The number of piperidine rings is 1. The number of aryl methyl sites for hydroxylation is 2. The number of rotatable bonds is 1. The molecule has 96 valence electrons. The highest BCUT2D eigenvalue weighted by Gasteiger charge is 2.33. The monoisotopic (exact) mass is 243 g/mol. The van der Waals surface area contributed by atoms with Crippen molar-refractivity contribution in [3.8, 4) is 0 Å². The van der Waals surface area contributed by atoms with Gasteiger partial charge in [0.05, 0.1) is 16.6 Å². The molecule has 0 spiro atoms. The van der Waals surface area contributed by atoms with Gasteiger partial charge in [-0.25, -0.2) is 4.98 Å². The molecule has 0 saturated carbocycles. The molecular weight excluding hydrogens is 222 g/mol. The standard InChI is InChI=1S/C15H21N3/c1-11-7-6-8-12-13(11)18(3)14(17-12)15(2)9-4-5-10-16-15/h6-8,16H,4-5,9-10H2,1-3H3. The van der Waals surface area contributed by atoms with Gasteiger partial charge in [0, 0.05) is 7.05 Å². The number of benzene rings is 1. The second-order valence-corrected chi connectivity index (χ2v) is 5.65. The van der Waals surface area contributed by atoms with Crippen molar-refractivity contribution in [1.29, 1.82) is 0 Å². The van der Waals surface area contributed by atoms with Crippen LogP contribution >= 0.6 is 0 Å². The fourth-order valence-corrected chi connectivity index (χ4v) is 3.21. The Morgan fingerprint density at radius 1 is 1.33 bits per heavy atom. The molecule has 18 heavy (non-hydrogen) atoms. The molecule has 0 aliphatic carbocycles. The third-order valence-electron chi connectivity index (χ3n) is 4.21. The summed E-state index contributed by atoms with van der Waals surface area (Å²) in [6.07, 6.45) is 3.73. The zero-order valence-corrected chi connectivity index (χ0v) is 11.5. The zero-order chi connectivity index (χ0) is 12.8. The summed E-state index contributed by atoms with van der Waals surface area (Å²) in [5.41, 5.74) is 3.70. The summed E-state index contributed by atoms with van der Waals surface area (Å²) in [4.78, 5) is 4.87. The lowest BCUT2D eigenvalue weighted by Crippen LogP contribution is -2.45. The summed E-state index contributed by atoms with van der Waals surface area (Å²) in [6.45, 7) is 5.53. The third kappa shape index (κ3) is 1.65. The first-order valence-corrected chi connectivity index (χ1v) is 6.79. The molecule has 1 aliphatic rings. The SMILES string of the molecule is Cc1cccc2nc(C3(C)CCCCN3)n(C)c12. The quantitative estimate of drug-likeness (QED) is 0.834. The van der Waals surface area contributed by atoms with Crippen molar-refractivity contribution in [3.05, 3.63) is 29.6 Å². The maximum absolute atomic E-state index is 4.87. The van der Waals surface area contributed by atoms with Crippen LogP contribution in [0.3, 0.4) is 0 Å². The van der Waals surface area contributed by atoms with Crippen molar-refractivity contribution in [2.45, 2.75) is 38.6 Å². The van der Waals surface area contributed by atoms with Gasteiger partial charge in [0.2, 0.25) is 0 Å². The van der Waals surface area contributed by atoms with Crippen LogP contribution in [-0.4, -0.2) is 16.1 Å². The van der Waals surface area contributed by atoms with E-state index in [1.807, 2.05) is 0 Å². The molecule has 0 radical (unpaired) electrons. The molecule has 3 nitrogen and oxygen atoms in total. The predicted molar refractivity (Wildman–Crippen MR) is 74.7 cm³/mol. The number of imidazole rings is 1. The molecule has 3 rings (SSSR count). The average molecular weight is 243 g/mol. The minimum atomic E-state index is 0.0262. The Labute approximate surface area is 108 Å². The molecule has 1 N–H and O–H groups in total. The van der Waals surface area contributed by atoms with E-state index in [0.29, 0.717) is 0 Å². The van der Waals surface area contributed by atoms with Gasteiger partial charge in [0.25, 0.3) is 0 Å². The Kier molecular flexibility index (Phi) is 2.67. The Bertz CT molecular complexity index is 577. The first-order valence-electron chi connectivity index (χ1n) is 6.79. The minimum Gasteiger partial charge on any atom is -0.329 e. The van der Waals surface area contributed by atoms with Crippen LogP contribution in [0, 0.1) is 6.92 Å². The zero-order valence-electron chi connectivity index (χ0n) is 11.5. The molecule has 1 unspecified atom stereocenters. The number of fused-ring (bicyclic) bond motifs is 1. The first-order chi connectivity index (χ1) is 8.62. The van der Waals surface area contributed by atoms with Crippen LogP contribution in [0.4, 0.5) is 0 Å². The highest BCUT2D eigenvalue weighted by Crippen LogP contribution is 2.31. The van der Waals surface area contributed by atoms with Gasteiger partial charge in [-0.15, -0.1) is 0 Å². The van der Waals surface area contributed by atoms with E-state index >= 15 is 0 Å². The van der Waals surface area contributed by atoms with Crippen LogP contribution in [0.15, 0.2) is 18.2 Å². The Morgan fingerprint density at radius 3 is 2.83 bits per heavy atom. The molecule has 2 aromatic rings. The summed E-state index contributed by atoms with van der Waals surface area (Å²) in [7, 11) is 2.14. The van der Waals surface area contributed by atoms with Crippen molar-refractivity contribution in [1.82, 2.24) is 14.9 Å². The summed E-state index contributed by atoms with van der Waals surface area (Å²) < 4.78 is 2.27. The average Bonchev–Trinajstić information content (AvgIpc) is 2.70. The van der Waals surface area contributed by atoms with Crippen molar-refractivity contribution >= 4 is 11.0 Å². The lowest BCUT2D eigenvalue weighted by atomic mass is 9.90. The lowest BCUT2D eigenvalue weighted by molar-refractivity contribution is 0.264. The Morgan fingerprint density at radius 2 is 2.17 bits per heavy atom. The van der Waals surface area contributed by atoms with E-state index < -0.39 is 0 Å². The number of hydrogen-bond donors (Lipinski definition) is 1. The third-order valence-corrected chi connectivity index (χ3v) is 4.21. The van der Waals surface area contributed by atoms with Crippen LogP contribution in [0.25, 0.3) is 11.0 Å². The van der Waals surface area contributed by atoms with E-state index in [1.54, 1.807) is 0 Å². The largest absolute Gasteiger partial charge is 0.329 e. The molecule has 2 heterocycles. The molecule has 1 saturated heterocycles. The molecule has 0 amide bonds. The van der Waals surface area contributed by atoms with Crippen LogP contribution in [0.2, 0.25) is 0 Å². The van der Waals surface area contributed by atoms with E-state index in [2.05, 4.69) is 49.0 Å². The van der Waals surface area contributed by atoms with Gasteiger partial charge in [-0.05, 0) is 51.3 Å². The molecule has 1 aromatic heterocycles. The summed E-state index contributed by atoms with van der Waals surface area (Å²) in [5.74, 6) is 1.17. The number of nitrogens with zero attached hydrogens (tertiary/aromatic N) is 2. The topological polar surface area (TPSA) is 29.9 Å². The molecular formula is C15H21N3. The lowest BCUT2D eigenvalue weighted by Gasteiger charge is -2.34. The van der Waals surface area contributed by atoms with Gasteiger partial charge in [0.1, 0.15) is 5.82 Å². The highest BCUT2D eigenvalue weighted by molar-refractivity contribution is 5.79. The van der Waals surface area contributed by atoms with Gasteiger partial charge in [-0.3, -0.25) is 0 Å². The van der Waals surface area contributed by atoms with Gasteiger partial charge in [0.15, 0.2) is 0 Å². The number of nitrogens with one attached hydrogen (secondary N) is 1. The molecule has 1 fully saturated rings. The van der Waals surface area contributed by atoms with E-state index in [1.165, 1.54) is 36.2 Å². The molecule has 1 atom stereocenters. The summed E-state index contributed by atoms with van der Waals surface area (Å²) >= 11 is 0. The summed E-state index contributed by atoms with van der Waals surface area (Å²) in [6, 6.07) is 6.35. The Balaban J connectivity index is 2.18. The second kappa shape index (κ2) is 4.09. The maximum atomic E-state index is 4.87. The fraction of sp³-hybridized carbons (Fsp3) is 0.533. The number of hydrogen-bond acceptors (Lipinski definition) is 2. The first kappa shape index (κ1) is 11.7. The van der Waals surface area contributed by atoms with Crippen LogP contribution in [-0.2, 0) is 12.6 Å². The van der Waals surface area contributed by atoms with Gasteiger partial charge in [-0.2, -0.15) is 0 Å². The van der Waals surface area contributed by atoms with E-state index in [-0.39, 0.29) is 5.54 Å².